The van der Waals surface area contributed by atoms with Crippen molar-refractivity contribution in [2.75, 3.05) is 0 Å². The molecule has 0 aliphatic heterocycles. The molecule has 3 aromatic heterocycles. The lowest BCUT2D eigenvalue weighted by atomic mass is 10.3. The number of pyridine rings is 1. The van der Waals surface area contributed by atoms with E-state index in [0.717, 1.165) is 10.3 Å². The van der Waals surface area contributed by atoms with Crippen LogP contribution in [-0.2, 0) is 24.4 Å². The minimum atomic E-state index is -0.744. The number of furan rings is 1. The highest BCUT2D eigenvalue weighted by Gasteiger charge is 2.15. The van der Waals surface area contributed by atoms with Crippen LogP contribution < -0.4 is 16.4 Å². The highest BCUT2D eigenvalue weighted by Crippen LogP contribution is 2.08. The molecule has 0 aliphatic carbocycles. The molecule has 0 aromatic carbocycles. The lowest BCUT2D eigenvalue weighted by Crippen LogP contribution is -2.43. The number of rotatable bonds is 5. The summed E-state index contributed by atoms with van der Waals surface area (Å²) < 4.78 is 7.84. The zero-order valence-corrected chi connectivity index (χ0v) is 14.0. The predicted octanol–water partition coefficient (Wildman–Crippen LogP) is 0.796. The van der Waals surface area contributed by atoms with Gasteiger partial charge in [0, 0.05) is 12.7 Å². The molecule has 0 saturated carbocycles. The molecule has 8 heteroatoms. The average molecular weight is 342 g/mol. The van der Waals surface area contributed by atoms with E-state index < -0.39 is 17.0 Å². The van der Waals surface area contributed by atoms with Crippen molar-refractivity contribution in [1.82, 2.24) is 19.4 Å². The molecule has 0 radical (unpaired) electrons. The molecular weight excluding hydrogens is 324 g/mol. The third kappa shape index (κ3) is 3.23. The number of hydrogen-bond acceptors (Lipinski definition) is 5. The Morgan fingerprint density at radius 1 is 1.20 bits per heavy atom. The molecular formula is C17H18N4O4. The lowest BCUT2D eigenvalue weighted by Gasteiger charge is -2.12. The van der Waals surface area contributed by atoms with Crippen LogP contribution in [0.15, 0.2) is 44.5 Å². The van der Waals surface area contributed by atoms with E-state index in [4.69, 9.17) is 4.42 Å². The van der Waals surface area contributed by atoms with Gasteiger partial charge in [-0.3, -0.25) is 23.5 Å². The van der Waals surface area contributed by atoms with Gasteiger partial charge in [-0.15, -0.1) is 0 Å². The molecule has 3 aromatic rings. The molecule has 3 heterocycles. The molecule has 0 atom stereocenters. The standard InChI is InChI=1S/C17H18N4O4/c1-3-20-15-13(5-4-8-18-15)21(17(24)16(20)23)10-14(22)19-9-12-7-6-11(2)25-12/h4-8H,3,9-10H2,1-2H3,(H,19,22). The largest absolute Gasteiger partial charge is 0.465 e. The second kappa shape index (κ2) is 6.76. The molecule has 0 fully saturated rings. The van der Waals surface area contributed by atoms with Crippen molar-refractivity contribution in [2.45, 2.75) is 33.5 Å². The Kier molecular flexibility index (Phi) is 4.51. The first-order valence-electron chi connectivity index (χ1n) is 7.91. The van der Waals surface area contributed by atoms with Crippen molar-refractivity contribution in [3.8, 4) is 0 Å². The van der Waals surface area contributed by atoms with Crippen LogP contribution >= 0.6 is 0 Å². The van der Waals surface area contributed by atoms with Gasteiger partial charge in [-0.05, 0) is 38.1 Å². The molecule has 25 heavy (non-hydrogen) atoms. The maximum atomic E-state index is 12.4. The molecule has 0 spiro atoms. The summed E-state index contributed by atoms with van der Waals surface area (Å²) in [6.45, 7) is 3.85. The molecule has 0 saturated heterocycles. The van der Waals surface area contributed by atoms with Gasteiger partial charge < -0.3 is 9.73 Å². The van der Waals surface area contributed by atoms with Crippen molar-refractivity contribution in [3.63, 3.8) is 0 Å². The number of hydrogen-bond donors (Lipinski definition) is 1. The fourth-order valence-corrected chi connectivity index (χ4v) is 2.66. The Morgan fingerprint density at radius 3 is 2.64 bits per heavy atom. The SMILES string of the molecule is CCn1c(=O)c(=O)n(CC(=O)NCc2ccc(C)o2)c2cccnc21. The third-order valence-electron chi connectivity index (χ3n) is 3.86. The smallest absolute Gasteiger partial charge is 0.318 e. The van der Waals surface area contributed by atoms with Crippen LogP contribution in [0.3, 0.4) is 0 Å². The van der Waals surface area contributed by atoms with E-state index >= 15 is 0 Å². The summed E-state index contributed by atoms with van der Waals surface area (Å²) in [5.74, 6) is 0.974. The number of nitrogens with one attached hydrogen (secondary N) is 1. The maximum Gasteiger partial charge on any atom is 0.318 e. The summed E-state index contributed by atoms with van der Waals surface area (Å²) in [7, 11) is 0. The van der Waals surface area contributed by atoms with Crippen molar-refractivity contribution in [2.24, 2.45) is 0 Å². The minimum Gasteiger partial charge on any atom is -0.465 e. The number of fused-ring (bicyclic) bond motifs is 1. The van der Waals surface area contributed by atoms with Crippen molar-refractivity contribution in [3.05, 3.63) is 62.7 Å². The second-order valence-electron chi connectivity index (χ2n) is 5.58. The number of nitrogens with zero attached hydrogens (tertiary/aromatic N) is 3. The van der Waals surface area contributed by atoms with Gasteiger partial charge in [0.15, 0.2) is 5.65 Å². The zero-order valence-electron chi connectivity index (χ0n) is 14.0. The second-order valence-corrected chi connectivity index (χ2v) is 5.58. The summed E-state index contributed by atoms with van der Waals surface area (Å²) in [6.07, 6.45) is 1.54. The van der Waals surface area contributed by atoms with Crippen LogP contribution in [0.4, 0.5) is 0 Å². The quantitative estimate of drug-likeness (QED) is 0.691. The van der Waals surface area contributed by atoms with Crippen LogP contribution in [0, 0.1) is 6.92 Å². The van der Waals surface area contributed by atoms with Gasteiger partial charge >= 0.3 is 11.1 Å². The van der Waals surface area contributed by atoms with E-state index in [2.05, 4.69) is 10.3 Å². The summed E-state index contributed by atoms with van der Waals surface area (Å²) in [6, 6.07) is 6.89. The summed E-state index contributed by atoms with van der Waals surface area (Å²) in [4.78, 5) is 41.0. The van der Waals surface area contributed by atoms with Crippen LogP contribution in [-0.4, -0.2) is 20.0 Å². The van der Waals surface area contributed by atoms with Gasteiger partial charge in [-0.1, -0.05) is 0 Å². The van der Waals surface area contributed by atoms with Crippen molar-refractivity contribution in [1.29, 1.82) is 0 Å². The molecule has 0 bridgehead atoms. The predicted molar refractivity (Wildman–Crippen MR) is 91.2 cm³/mol. The Labute approximate surface area is 142 Å². The van der Waals surface area contributed by atoms with E-state index in [9.17, 15) is 14.4 Å². The van der Waals surface area contributed by atoms with Gasteiger partial charge in [0.2, 0.25) is 5.91 Å². The fourth-order valence-electron chi connectivity index (χ4n) is 2.66. The Morgan fingerprint density at radius 2 is 1.96 bits per heavy atom. The van der Waals surface area contributed by atoms with Crippen LogP contribution in [0.25, 0.3) is 11.2 Å². The van der Waals surface area contributed by atoms with E-state index in [1.165, 1.54) is 4.57 Å². The van der Waals surface area contributed by atoms with Gasteiger partial charge in [0.05, 0.1) is 12.1 Å². The number of carbonyl (C=O) groups excluding carboxylic acids is 1. The number of aryl methyl sites for hydroxylation is 2. The fraction of sp³-hybridized carbons (Fsp3) is 0.294. The Balaban J connectivity index is 1.90. The first-order chi connectivity index (χ1) is 12.0. The molecule has 0 unspecified atom stereocenters. The molecule has 8 nitrogen and oxygen atoms in total. The summed E-state index contributed by atoms with van der Waals surface area (Å²) >= 11 is 0. The van der Waals surface area contributed by atoms with Crippen LogP contribution in [0.5, 0.6) is 0 Å². The topological polar surface area (TPSA) is 99.1 Å². The molecule has 0 aliphatic rings. The monoisotopic (exact) mass is 342 g/mol. The van der Waals surface area contributed by atoms with Gasteiger partial charge in [0.25, 0.3) is 0 Å². The van der Waals surface area contributed by atoms with E-state index in [-0.39, 0.29) is 13.1 Å². The van der Waals surface area contributed by atoms with Crippen LogP contribution in [0.2, 0.25) is 0 Å². The van der Waals surface area contributed by atoms with Gasteiger partial charge in [-0.25, -0.2) is 4.98 Å². The zero-order chi connectivity index (χ0) is 18.0. The summed E-state index contributed by atoms with van der Waals surface area (Å²) in [5.41, 5.74) is -0.614. The van der Waals surface area contributed by atoms with E-state index in [1.807, 2.05) is 6.92 Å². The number of amides is 1. The molecule has 130 valence electrons. The highest BCUT2D eigenvalue weighted by atomic mass is 16.3. The van der Waals surface area contributed by atoms with Crippen LogP contribution in [0.1, 0.15) is 18.4 Å². The third-order valence-corrected chi connectivity index (χ3v) is 3.86. The lowest BCUT2D eigenvalue weighted by molar-refractivity contribution is -0.121. The minimum absolute atomic E-state index is 0.212. The Hall–Kier alpha value is -3.16. The molecule has 1 N–H and O–H groups in total. The van der Waals surface area contributed by atoms with E-state index in [1.54, 1.807) is 37.4 Å². The van der Waals surface area contributed by atoms with Gasteiger partial charge in [-0.2, -0.15) is 0 Å². The van der Waals surface area contributed by atoms with E-state index in [0.29, 0.717) is 23.5 Å². The maximum absolute atomic E-state index is 12.4. The first kappa shape index (κ1) is 16.7. The normalized spacial score (nSPS) is 11.0. The first-order valence-corrected chi connectivity index (χ1v) is 7.91. The number of carbonyl (C=O) groups is 1. The van der Waals surface area contributed by atoms with Crippen molar-refractivity contribution >= 4 is 17.1 Å². The molecule has 1 amide bonds. The summed E-state index contributed by atoms with van der Waals surface area (Å²) in [5, 5.41) is 2.68. The highest BCUT2D eigenvalue weighted by molar-refractivity contribution is 5.78. The molecule has 3 rings (SSSR count). The van der Waals surface area contributed by atoms with Gasteiger partial charge in [0.1, 0.15) is 18.1 Å². The number of aromatic nitrogens is 3. The average Bonchev–Trinajstić information content (AvgIpc) is 3.03. The van der Waals surface area contributed by atoms with Crippen molar-refractivity contribution < 1.29 is 9.21 Å². The Bertz CT molecular complexity index is 1040.